The molecule has 5 nitrogen and oxygen atoms in total. The Hall–Kier alpha value is -3.71. The van der Waals surface area contributed by atoms with Gasteiger partial charge in [-0.05, 0) is 74.1 Å². The van der Waals surface area contributed by atoms with Crippen LogP contribution in [0, 0.1) is 19.7 Å². The number of hydrogen-bond donors (Lipinski definition) is 2. The lowest BCUT2D eigenvalue weighted by Crippen LogP contribution is -2.30. The van der Waals surface area contributed by atoms with Crippen molar-refractivity contribution >= 4 is 23.0 Å². The molecule has 2 N–H and O–H groups in total. The van der Waals surface area contributed by atoms with Gasteiger partial charge in [0.05, 0.1) is 29.2 Å². The van der Waals surface area contributed by atoms with E-state index in [9.17, 15) is 9.50 Å². The van der Waals surface area contributed by atoms with Crippen LogP contribution in [0.1, 0.15) is 34.7 Å². The van der Waals surface area contributed by atoms with Crippen molar-refractivity contribution in [3.05, 3.63) is 107 Å². The number of rotatable bonds is 4. The van der Waals surface area contributed by atoms with Crippen molar-refractivity contribution in [2.45, 2.75) is 25.9 Å². The van der Waals surface area contributed by atoms with Crippen molar-refractivity contribution in [3.8, 4) is 11.4 Å². The Morgan fingerprint density at radius 1 is 0.970 bits per heavy atom. The maximum atomic E-state index is 15.0. The minimum Gasteiger partial charge on any atom is -0.506 e. The third-order valence-electron chi connectivity index (χ3n) is 6.12. The van der Waals surface area contributed by atoms with Gasteiger partial charge in [0.25, 0.3) is 0 Å². The van der Waals surface area contributed by atoms with Gasteiger partial charge in [0.15, 0.2) is 5.11 Å². The number of aromatic nitrogens is 2. The van der Waals surface area contributed by atoms with Gasteiger partial charge in [-0.15, -0.1) is 0 Å². The zero-order valence-corrected chi connectivity index (χ0v) is 19.1. The summed E-state index contributed by atoms with van der Waals surface area (Å²) < 4.78 is 17.0. The number of hydrogen-bond acceptors (Lipinski definition) is 3. The molecule has 0 amide bonds. The first kappa shape index (κ1) is 21.2. The monoisotopic (exact) mass is 458 g/mol. The first-order valence-corrected chi connectivity index (χ1v) is 11.1. The Morgan fingerprint density at radius 3 is 2.36 bits per heavy atom. The van der Waals surface area contributed by atoms with E-state index in [0.717, 1.165) is 22.6 Å². The van der Waals surface area contributed by atoms with E-state index in [2.05, 4.69) is 16.4 Å². The van der Waals surface area contributed by atoms with Gasteiger partial charge in [0, 0.05) is 17.6 Å². The predicted octanol–water partition coefficient (Wildman–Crippen LogP) is 5.51. The second kappa shape index (κ2) is 8.33. The molecule has 0 radical (unpaired) electrons. The van der Waals surface area contributed by atoms with Crippen molar-refractivity contribution in [3.63, 3.8) is 0 Å². The highest BCUT2D eigenvalue weighted by Crippen LogP contribution is 2.44. The average molecular weight is 459 g/mol. The topological polar surface area (TPSA) is 53.3 Å². The summed E-state index contributed by atoms with van der Waals surface area (Å²) in [6.07, 6.45) is 1.74. The van der Waals surface area contributed by atoms with Crippen LogP contribution in [0.15, 0.2) is 79.0 Å². The number of phenolic OH excluding ortho intramolecular Hbond substituents is 1. The van der Waals surface area contributed by atoms with Gasteiger partial charge in [-0.2, -0.15) is 0 Å². The third-order valence-corrected chi connectivity index (χ3v) is 6.44. The van der Waals surface area contributed by atoms with E-state index >= 15 is 0 Å². The van der Waals surface area contributed by atoms with E-state index in [0.29, 0.717) is 16.5 Å². The molecule has 0 bridgehead atoms. The van der Waals surface area contributed by atoms with E-state index in [1.165, 1.54) is 6.07 Å². The first-order valence-electron chi connectivity index (χ1n) is 10.7. The van der Waals surface area contributed by atoms with E-state index < -0.39 is 0 Å². The number of thiocarbonyl (C=S) groups is 1. The number of halogens is 1. The summed E-state index contributed by atoms with van der Waals surface area (Å²) in [6.45, 7) is 4.00. The minimum absolute atomic E-state index is 0.193. The van der Waals surface area contributed by atoms with Crippen LogP contribution in [0.4, 0.5) is 10.1 Å². The maximum absolute atomic E-state index is 15.0. The Morgan fingerprint density at radius 2 is 1.67 bits per heavy atom. The smallest absolute Gasteiger partial charge is 0.174 e. The number of anilines is 1. The molecule has 0 unspecified atom stereocenters. The molecule has 2 aromatic heterocycles. The fraction of sp³-hybridized carbons (Fsp3) is 0.154. The lowest BCUT2D eigenvalue weighted by Gasteiger charge is -2.28. The number of phenols is 1. The molecular weight excluding hydrogens is 435 g/mol. The maximum Gasteiger partial charge on any atom is 0.174 e. The van der Waals surface area contributed by atoms with Gasteiger partial charge in [-0.3, -0.25) is 4.98 Å². The highest BCUT2D eigenvalue weighted by atomic mass is 32.1. The summed E-state index contributed by atoms with van der Waals surface area (Å²) in [7, 11) is 0. The van der Waals surface area contributed by atoms with Gasteiger partial charge in [-0.1, -0.05) is 30.3 Å². The van der Waals surface area contributed by atoms with Crippen LogP contribution < -0.4 is 10.2 Å². The second-order valence-electron chi connectivity index (χ2n) is 8.10. The Balaban J connectivity index is 1.71. The van der Waals surface area contributed by atoms with Crippen molar-refractivity contribution in [1.82, 2.24) is 14.9 Å². The summed E-state index contributed by atoms with van der Waals surface area (Å²) in [5, 5.41) is 14.3. The molecule has 7 heteroatoms. The molecular formula is C26H23FN4OS. The zero-order chi connectivity index (χ0) is 23.1. The summed E-state index contributed by atoms with van der Waals surface area (Å²) in [5.74, 6) is -0.152. The summed E-state index contributed by atoms with van der Waals surface area (Å²) in [4.78, 5) is 6.40. The van der Waals surface area contributed by atoms with Crippen LogP contribution in [-0.2, 0) is 0 Å². The number of pyridine rings is 1. The fourth-order valence-electron chi connectivity index (χ4n) is 4.69. The molecule has 1 saturated heterocycles. The van der Waals surface area contributed by atoms with Crippen LogP contribution in [0.25, 0.3) is 5.69 Å². The number of nitrogens with one attached hydrogen (secondary N) is 1. The Bertz CT molecular complexity index is 1340. The highest BCUT2D eigenvalue weighted by Gasteiger charge is 2.43. The van der Waals surface area contributed by atoms with Gasteiger partial charge >= 0.3 is 0 Å². The Labute approximate surface area is 197 Å². The van der Waals surface area contributed by atoms with Gasteiger partial charge < -0.3 is 19.9 Å². The number of aromatic hydroxyl groups is 1. The van der Waals surface area contributed by atoms with Crippen molar-refractivity contribution < 1.29 is 9.50 Å². The van der Waals surface area contributed by atoms with Crippen molar-refractivity contribution in [1.29, 1.82) is 0 Å². The van der Waals surface area contributed by atoms with E-state index in [4.69, 9.17) is 12.2 Å². The lowest BCUT2D eigenvalue weighted by atomic mass is 9.96. The minimum atomic E-state index is -0.345. The van der Waals surface area contributed by atoms with E-state index in [1.807, 2.05) is 53.6 Å². The third kappa shape index (κ3) is 3.54. The van der Waals surface area contributed by atoms with Gasteiger partial charge in [0.2, 0.25) is 0 Å². The second-order valence-corrected chi connectivity index (χ2v) is 8.49. The van der Waals surface area contributed by atoms with Crippen LogP contribution in [0.2, 0.25) is 0 Å². The lowest BCUT2D eigenvalue weighted by molar-refractivity contribution is 0.471. The van der Waals surface area contributed by atoms with Crippen LogP contribution in [0.3, 0.4) is 0 Å². The first-order chi connectivity index (χ1) is 16.0. The zero-order valence-electron chi connectivity index (χ0n) is 18.2. The normalized spacial score (nSPS) is 17.9. The number of aryl methyl sites for hydroxylation is 1. The molecule has 0 spiro atoms. The number of benzene rings is 2. The molecule has 2 aromatic carbocycles. The molecule has 3 heterocycles. The van der Waals surface area contributed by atoms with E-state index in [1.54, 1.807) is 36.5 Å². The molecule has 33 heavy (non-hydrogen) atoms. The van der Waals surface area contributed by atoms with E-state index in [-0.39, 0.29) is 23.7 Å². The molecule has 4 aromatic rings. The SMILES string of the molecule is Cc1cc([C@@H]2[C@H](c3ccccn3)NC(=S)N2c2ccccc2F)c(C)n1-c1ccccc1O. The molecule has 1 fully saturated rings. The average Bonchev–Trinajstić information content (AvgIpc) is 3.30. The van der Waals surface area contributed by atoms with Crippen LogP contribution >= 0.6 is 12.2 Å². The number of para-hydroxylation sites is 3. The summed E-state index contributed by atoms with van der Waals surface area (Å²) in [6, 6.07) is 21.1. The van der Waals surface area contributed by atoms with Crippen LogP contribution in [-0.4, -0.2) is 19.8 Å². The number of nitrogens with zero attached hydrogens (tertiary/aromatic N) is 3. The molecule has 166 valence electrons. The molecule has 0 aliphatic carbocycles. The van der Waals surface area contributed by atoms with Crippen molar-refractivity contribution in [2.24, 2.45) is 0 Å². The largest absolute Gasteiger partial charge is 0.506 e. The molecule has 2 atom stereocenters. The summed E-state index contributed by atoms with van der Waals surface area (Å²) in [5.41, 5.74) is 4.78. The standard InChI is InChI=1S/C26H23FN4OS/c1-16-15-18(17(2)30(16)22-12-5-6-13-23(22)32)25-24(20-10-7-8-14-28-20)29-26(33)31(25)21-11-4-3-9-19(21)27/h3-15,24-25,32H,1-2H3,(H,29,33)/t24-,25+/m0/s1. The van der Waals surface area contributed by atoms with Crippen molar-refractivity contribution in [2.75, 3.05) is 4.90 Å². The Kier molecular flexibility index (Phi) is 5.34. The van der Waals surface area contributed by atoms with Gasteiger partial charge in [0.1, 0.15) is 11.6 Å². The molecule has 1 aliphatic rings. The van der Waals surface area contributed by atoms with Crippen LogP contribution in [0.5, 0.6) is 5.75 Å². The van der Waals surface area contributed by atoms with Gasteiger partial charge in [-0.25, -0.2) is 4.39 Å². The fourth-order valence-corrected chi connectivity index (χ4v) is 5.03. The molecule has 0 saturated carbocycles. The highest BCUT2D eigenvalue weighted by molar-refractivity contribution is 7.80. The molecule has 1 aliphatic heterocycles. The molecule has 5 rings (SSSR count). The summed E-state index contributed by atoms with van der Waals surface area (Å²) >= 11 is 5.71. The quantitative estimate of drug-likeness (QED) is 0.395. The predicted molar refractivity (Wildman–Crippen MR) is 131 cm³/mol.